The van der Waals surface area contributed by atoms with E-state index in [1.54, 1.807) is 24.4 Å². The lowest BCUT2D eigenvalue weighted by molar-refractivity contribution is -0.118. The number of benzene rings is 2. The number of para-hydroxylation sites is 1. The molecule has 3 rings (SSSR count). The highest BCUT2D eigenvalue weighted by atomic mass is 35.5. The first kappa shape index (κ1) is 20.9. The molecule has 0 saturated heterocycles. The van der Waals surface area contributed by atoms with Gasteiger partial charge in [0.2, 0.25) is 5.88 Å². The van der Waals surface area contributed by atoms with Crippen LogP contribution in [-0.4, -0.2) is 28.6 Å². The van der Waals surface area contributed by atoms with Crippen LogP contribution in [0.5, 0.6) is 5.88 Å². The molecule has 0 radical (unpaired) electrons. The van der Waals surface area contributed by atoms with Crippen LogP contribution in [0.25, 0.3) is 11.1 Å². The van der Waals surface area contributed by atoms with E-state index in [0.29, 0.717) is 5.88 Å². The maximum atomic E-state index is 12.0. The summed E-state index contributed by atoms with van der Waals surface area (Å²) in [6.07, 6.45) is 1.69. The smallest absolute Gasteiger partial charge is 0.337 e. The number of ether oxygens (including phenoxy) is 1. The minimum atomic E-state index is -1.11. The fourth-order valence-corrected chi connectivity index (χ4v) is 2.63. The van der Waals surface area contributed by atoms with Gasteiger partial charge in [-0.15, -0.1) is 12.4 Å². The van der Waals surface area contributed by atoms with Crippen LogP contribution in [0.15, 0.2) is 66.9 Å². The van der Waals surface area contributed by atoms with Crippen molar-refractivity contribution in [1.82, 2.24) is 4.98 Å². The number of anilines is 1. The van der Waals surface area contributed by atoms with E-state index in [-0.39, 0.29) is 30.3 Å². The molecule has 7 heteroatoms. The third-order valence-corrected chi connectivity index (χ3v) is 3.98. The Morgan fingerprint density at radius 2 is 1.75 bits per heavy atom. The summed E-state index contributed by atoms with van der Waals surface area (Å²) in [6, 6.07) is 17.7. The summed E-state index contributed by atoms with van der Waals surface area (Å²) in [5.41, 5.74) is 3.43. The molecule has 2 aromatic carbocycles. The first-order chi connectivity index (χ1) is 13.0. The van der Waals surface area contributed by atoms with Gasteiger partial charge in [0.05, 0.1) is 11.3 Å². The van der Waals surface area contributed by atoms with Crippen LogP contribution in [0.2, 0.25) is 0 Å². The number of amides is 1. The summed E-state index contributed by atoms with van der Waals surface area (Å²) in [5, 5.41) is 11.7. The van der Waals surface area contributed by atoms with E-state index in [2.05, 4.69) is 10.3 Å². The van der Waals surface area contributed by atoms with E-state index in [1.165, 1.54) is 12.1 Å². The Morgan fingerprint density at radius 1 is 1.04 bits per heavy atom. The van der Waals surface area contributed by atoms with Gasteiger partial charge in [0.15, 0.2) is 6.61 Å². The first-order valence-electron chi connectivity index (χ1n) is 8.31. The largest absolute Gasteiger partial charge is 0.478 e. The van der Waals surface area contributed by atoms with E-state index in [4.69, 9.17) is 9.84 Å². The minimum absolute atomic E-state index is 0. The zero-order valence-electron chi connectivity index (χ0n) is 15.1. The third-order valence-electron chi connectivity index (χ3n) is 3.98. The number of aromatic nitrogens is 1. The normalized spacial score (nSPS) is 9.89. The molecular formula is C21H19ClN2O4. The predicted octanol–water partition coefficient (Wildman–Crippen LogP) is 4.19. The number of pyridine rings is 1. The molecule has 0 bridgehead atoms. The number of halogens is 1. The van der Waals surface area contributed by atoms with Crippen LogP contribution in [0.4, 0.5) is 5.69 Å². The lowest BCUT2D eigenvalue weighted by Gasteiger charge is -2.10. The summed E-state index contributed by atoms with van der Waals surface area (Å²) in [7, 11) is 0. The Balaban J connectivity index is 0.00000280. The van der Waals surface area contributed by atoms with Crippen molar-refractivity contribution >= 4 is 30.0 Å². The molecule has 0 atom stereocenters. The molecule has 28 heavy (non-hydrogen) atoms. The van der Waals surface area contributed by atoms with E-state index in [1.807, 2.05) is 37.3 Å². The number of nitrogens with zero attached hydrogens (tertiary/aromatic N) is 1. The van der Waals surface area contributed by atoms with Crippen molar-refractivity contribution in [1.29, 1.82) is 0 Å². The number of aromatic carboxylic acids is 1. The Hall–Kier alpha value is -3.38. The van der Waals surface area contributed by atoms with Crippen molar-refractivity contribution in [3.8, 4) is 17.0 Å². The number of carbonyl (C=O) groups excluding carboxylic acids is 1. The highest BCUT2D eigenvalue weighted by Crippen LogP contribution is 2.23. The van der Waals surface area contributed by atoms with Crippen LogP contribution >= 0.6 is 12.4 Å². The van der Waals surface area contributed by atoms with E-state index >= 15 is 0 Å². The SMILES string of the molecule is Cc1ccccc1-c1ccc(OCC(=O)Nc2ccccc2C(=O)O)nc1.Cl. The third kappa shape index (κ3) is 5.08. The number of rotatable bonds is 6. The van der Waals surface area contributed by atoms with Crippen molar-refractivity contribution < 1.29 is 19.4 Å². The number of nitrogens with one attached hydrogen (secondary N) is 1. The van der Waals surface area contributed by atoms with Crippen molar-refractivity contribution in [2.75, 3.05) is 11.9 Å². The van der Waals surface area contributed by atoms with Gasteiger partial charge >= 0.3 is 5.97 Å². The molecule has 1 heterocycles. The molecule has 3 aromatic rings. The lowest BCUT2D eigenvalue weighted by atomic mass is 10.0. The Bertz CT molecular complexity index is 974. The molecule has 1 aromatic heterocycles. The van der Waals surface area contributed by atoms with E-state index < -0.39 is 11.9 Å². The summed E-state index contributed by atoms with van der Waals surface area (Å²) in [6.45, 7) is 1.75. The molecule has 0 fully saturated rings. The molecule has 0 aliphatic heterocycles. The van der Waals surface area contributed by atoms with Crippen LogP contribution in [-0.2, 0) is 4.79 Å². The van der Waals surface area contributed by atoms with Crippen LogP contribution < -0.4 is 10.1 Å². The Kier molecular flexibility index (Phi) is 7.12. The lowest BCUT2D eigenvalue weighted by Crippen LogP contribution is -2.21. The molecule has 0 spiro atoms. The van der Waals surface area contributed by atoms with Gasteiger partial charge in [-0.25, -0.2) is 9.78 Å². The summed E-state index contributed by atoms with van der Waals surface area (Å²) >= 11 is 0. The van der Waals surface area contributed by atoms with Gasteiger partial charge in [-0.1, -0.05) is 36.4 Å². The fourth-order valence-electron chi connectivity index (χ4n) is 2.63. The average molecular weight is 399 g/mol. The van der Waals surface area contributed by atoms with Crippen LogP contribution in [0.1, 0.15) is 15.9 Å². The predicted molar refractivity (Wildman–Crippen MR) is 109 cm³/mol. The Morgan fingerprint density at radius 3 is 2.43 bits per heavy atom. The topological polar surface area (TPSA) is 88.5 Å². The van der Waals surface area contributed by atoms with Gasteiger partial charge in [-0.05, 0) is 36.2 Å². The van der Waals surface area contributed by atoms with Crippen molar-refractivity contribution in [3.05, 3.63) is 78.0 Å². The first-order valence-corrected chi connectivity index (χ1v) is 8.31. The van der Waals surface area contributed by atoms with Crippen molar-refractivity contribution in [3.63, 3.8) is 0 Å². The summed E-state index contributed by atoms with van der Waals surface area (Å²) < 4.78 is 5.39. The maximum absolute atomic E-state index is 12.0. The fraction of sp³-hybridized carbons (Fsp3) is 0.0952. The molecule has 0 unspecified atom stereocenters. The van der Waals surface area contributed by atoms with Crippen LogP contribution in [0, 0.1) is 6.92 Å². The molecule has 0 aliphatic carbocycles. The standard InChI is InChI=1S/C21H18N2O4.ClH/c1-14-6-2-3-7-16(14)15-10-11-20(22-12-15)27-13-19(24)23-18-9-5-4-8-17(18)21(25)26;/h2-12H,13H2,1H3,(H,23,24)(H,25,26);1H. The number of carbonyl (C=O) groups is 2. The highest BCUT2D eigenvalue weighted by molar-refractivity contribution is 6.00. The summed E-state index contributed by atoms with van der Waals surface area (Å²) in [5.74, 6) is -1.26. The molecule has 0 saturated carbocycles. The second kappa shape index (κ2) is 9.53. The minimum Gasteiger partial charge on any atom is -0.478 e. The quantitative estimate of drug-likeness (QED) is 0.649. The number of carboxylic acid groups (broad SMARTS) is 1. The van der Waals surface area contributed by atoms with Gasteiger partial charge in [0, 0.05) is 17.8 Å². The van der Waals surface area contributed by atoms with Gasteiger partial charge in [0.25, 0.3) is 5.91 Å². The van der Waals surface area contributed by atoms with Crippen molar-refractivity contribution in [2.24, 2.45) is 0 Å². The molecular weight excluding hydrogens is 380 g/mol. The number of hydrogen-bond donors (Lipinski definition) is 2. The van der Waals surface area contributed by atoms with Gasteiger partial charge in [0.1, 0.15) is 0 Å². The highest BCUT2D eigenvalue weighted by Gasteiger charge is 2.12. The second-order valence-electron chi connectivity index (χ2n) is 5.89. The molecule has 2 N–H and O–H groups in total. The molecule has 0 aliphatic rings. The Labute approximate surface area is 168 Å². The zero-order chi connectivity index (χ0) is 19.2. The number of hydrogen-bond acceptors (Lipinski definition) is 4. The van der Waals surface area contributed by atoms with Gasteiger partial charge < -0.3 is 15.2 Å². The second-order valence-corrected chi connectivity index (χ2v) is 5.89. The van der Waals surface area contributed by atoms with Crippen molar-refractivity contribution in [2.45, 2.75) is 6.92 Å². The molecule has 1 amide bonds. The number of carboxylic acids is 1. The monoisotopic (exact) mass is 398 g/mol. The zero-order valence-corrected chi connectivity index (χ0v) is 15.9. The average Bonchev–Trinajstić information content (AvgIpc) is 2.67. The summed E-state index contributed by atoms with van der Waals surface area (Å²) in [4.78, 5) is 27.4. The molecule has 6 nitrogen and oxygen atoms in total. The molecule has 144 valence electrons. The van der Waals surface area contributed by atoms with Crippen LogP contribution in [0.3, 0.4) is 0 Å². The number of aryl methyl sites for hydroxylation is 1. The van der Waals surface area contributed by atoms with E-state index in [9.17, 15) is 9.59 Å². The van der Waals surface area contributed by atoms with Gasteiger partial charge in [-0.2, -0.15) is 0 Å². The van der Waals surface area contributed by atoms with Gasteiger partial charge in [-0.3, -0.25) is 4.79 Å². The maximum Gasteiger partial charge on any atom is 0.337 e. The van der Waals surface area contributed by atoms with E-state index in [0.717, 1.165) is 16.7 Å².